The fraction of sp³-hybridized carbons (Fsp3) is 0.875. The third-order valence-corrected chi connectivity index (χ3v) is 1.97. The minimum absolute atomic E-state index is 0.0303. The standard InChI is InChI=1S/C8H16N2O2/c1-4-12-10-5-7(11)9-6-8(10,2)3/h4-6H2,1-3H3,(H,9,11). The topological polar surface area (TPSA) is 41.6 Å². The van der Waals surface area contributed by atoms with Crippen molar-refractivity contribution in [1.82, 2.24) is 10.4 Å². The van der Waals surface area contributed by atoms with Gasteiger partial charge in [0, 0.05) is 6.54 Å². The molecular weight excluding hydrogens is 156 g/mol. The molecule has 1 heterocycles. The maximum atomic E-state index is 11.0. The van der Waals surface area contributed by atoms with Crippen molar-refractivity contribution in [2.75, 3.05) is 19.7 Å². The number of nitrogens with zero attached hydrogens (tertiary/aromatic N) is 1. The van der Waals surface area contributed by atoms with Gasteiger partial charge in [-0.15, -0.1) is 0 Å². The van der Waals surface area contributed by atoms with Gasteiger partial charge in [-0.25, -0.2) is 0 Å². The monoisotopic (exact) mass is 172 g/mol. The molecule has 1 aliphatic rings. The van der Waals surface area contributed by atoms with Crippen LogP contribution in [-0.4, -0.2) is 36.2 Å². The maximum absolute atomic E-state index is 11.0. The second-order valence-electron chi connectivity index (χ2n) is 3.54. The number of carbonyl (C=O) groups excluding carboxylic acids is 1. The molecule has 0 aromatic rings. The van der Waals surface area contributed by atoms with E-state index >= 15 is 0 Å². The molecule has 1 fully saturated rings. The van der Waals surface area contributed by atoms with Gasteiger partial charge in [-0.3, -0.25) is 9.63 Å². The summed E-state index contributed by atoms with van der Waals surface area (Å²) in [5, 5.41) is 4.54. The summed E-state index contributed by atoms with van der Waals surface area (Å²) in [5.74, 6) is 0.0303. The zero-order valence-corrected chi connectivity index (χ0v) is 7.89. The fourth-order valence-corrected chi connectivity index (χ4v) is 1.18. The first kappa shape index (κ1) is 9.48. The first-order valence-corrected chi connectivity index (χ1v) is 4.23. The lowest BCUT2D eigenvalue weighted by molar-refractivity contribution is -0.218. The lowest BCUT2D eigenvalue weighted by Gasteiger charge is -2.40. The van der Waals surface area contributed by atoms with E-state index in [0.717, 1.165) is 0 Å². The predicted octanol–water partition coefficient (Wildman–Crippen LogP) is 0.148. The van der Waals surface area contributed by atoms with Crippen molar-refractivity contribution < 1.29 is 9.63 Å². The second-order valence-corrected chi connectivity index (χ2v) is 3.54. The first-order valence-electron chi connectivity index (χ1n) is 4.23. The Labute approximate surface area is 72.8 Å². The number of nitrogens with one attached hydrogen (secondary N) is 1. The minimum Gasteiger partial charge on any atom is -0.353 e. The van der Waals surface area contributed by atoms with Crippen LogP contribution in [0.3, 0.4) is 0 Å². The first-order chi connectivity index (χ1) is 5.56. The van der Waals surface area contributed by atoms with E-state index in [1.807, 2.05) is 20.8 Å². The van der Waals surface area contributed by atoms with Gasteiger partial charge in [-0.2, -0.15) is 5.06 Å². The summed E-state index contributed by atoms with van der Waals surface area (Å²) < 4.78 is 0. The van der Waals surface area contributed by atoms with Gasteiger partial charge in [0.05, 0.1) is 12.1 Å². The average Bonchev–Trinajstić information content (AvgIpc) is 1.98. The highest BCUT2D eigenvalue weighted by atomic mass is 16.7. The lowest BCUT2D eigenvalue weighted by atomic mass is 10.0. The van der Waals surface area contributed by atoms with Crippen molar-refractivity contribution in [3.63, 3.8) is 0 Å². The van der Waals surface area contributed by atoms with Crippen molar-refractivity contribution in [2.24, 2.45) is 0 Å². The molecular formula is C8H16N2O2. The lowest BCUT2D eigenvalue weighted by Crippen LogP contribution is -2.59. The Morgan fingerprint density at radius 1 is 1.67 bits per heavy atom. The molecule has 4 heteroatoms. The van der Waals surface area contributed by atoms with E-state index in [0.29, 0.717) is 19.7 Å². The number of hydrogen-bond acceptors (Lipinski definition) is 3. The molecule has 0 aromatic heterocycles. The fourth-order valence-electron chi connectivity index (χ4n) is 1.18. The summed E-state index contributed by atoms with van der Waals surface area (Å²) in [6, 6.07) is 0. The normalized spacial score (nSPS) is 23.8. The number of hydroxylamine groups is 2. The predicted molar refractivity (Wildman–Crippen MR) is 45.4 cm³/mol. The van der Waals surface area contributed by atoms with Crippen molar-refractivity contribution in [3.8, 4) is 0 Å². The van der Waals surface area contributed by atoms with Crippen LogP contribution in [0.5, 0.6) is 0 Å². The van der Waals surface area contributed by atoms with Crippen molar-refractivity contribution in [1.29, 1.82) is 0 Å². The Kier molecular flexibility index (Phi) is 2.69. The van der Waals surface area contributed by atoms with E-state index in [1.54, 1.807) is 5.06 Å². The Bertz CT molecular complexity index is 180. The van der Waals surface area contributed by atoms with Gasteiger partial charge in [0.25, 0.3) is 0 Å². The van der Waals surface area contributed by atoms with Gasteiger partial charge in [-0.05, 0) is 20.8 Å². The summed E-state index contributed by atoms with van der Waals surface area (Å²) in [7, 11) is 0. The van der Waals surface area contributed by atoms with E-state index in [1.165, 1.54) is 0 Å². The third-order valence-electron chi connectivity index (χ3n) is 1.97. The van der Waals surface area contributed by atoms with Crippen LogP contribution in [0.25, 0.3) is 0 Å². The molecule has 0 aromatic carbocycles. The third kappa shape index (κ3) is 1.95. The highest BCUT2D eigenvalue weighted by Crippen LogP contribution is 2.16. The molecule has 1 aliphatic heterocycles. The van der Waals surface area contributed by atoms with Crippen LogP contribution in [-0.2, 0) is 9.63 Å². The number of hydrogen-bond donors (Lipinski definition) is 1. The van der Waals surface area contributed by atoms with E-state index < -0.39 is 0 Å². The quantitative estimate of drug-likeness (QED) is 0.644. The number of rotatable bonds is 2. The van der Waals surface area contributed by atoms with E-state index in [4.69, 9.17) is 4.84 Å². The SMILES string of the molecule is CCON1CC(=O)NCC1(C)C. The Morgan fingerprint density at radius 2 is 2.33 bits per heavy atom. The Balaban J connectivity index is 2.58. The Morgan fingerprint density at radius 3 is 2.92 bits per heavy atom. The molecule has 0 atom stereocenters. The molecule has 0 bridgehead atoms. The summed E-state index contributed by atoms with van der Waals surface area (Å²) in [6.45, 7) is 7.59. The minimum atomic E-state index is -0.0933. The molecule has 1 N–H and O–H groups in total. The highest BCUT2D eigenvalue weighted by molar-refractivity contribution is 5.78. The summed E-state index contributed by atoms with van der Waals surface area (Å²) in [4.78, 5) is 16.3. The number of piperazine rings is 1. The molecule has 12 heavy (non-hydrogen) atoms. The zero-order valence-electron chi connectivity index (χ0n) is 7.89. The van der Waals surface area contributed by atoms with E-state index in [9.17, 15) is 4.79 Å². The molecule has 4 nitrogen and oxygen atoms in total. The van der Waals surface area contributed by atoms with Crippen LogP contribution in [0.4, 0.5) is 0 Å². The van der Waals surface area contributed by atoms with Crippen LogP contribution >= 0.6 is 0 Å². The van der Waals surface area contributed by atoms with Crippen LogP contribution in [0.15, 0.2) is 0 Å². The molecule has 0 unspecified atom stereocenters. The zero-order chi connectivity index (χ0) is 9.19. The number of carbonyl (C=O) groups is 1. The summed E-state index contributed by atoms with van der Waals surface area (Å²) >= 11 is 0. The highest BCUT2D eigenvalue weighted by Gasteiger charge is 2.33. The van der Waals surface area contributed by atoms with Crippen LogP contribution in [0.1, 0.15) is 20.8 Å². The van der Waals surface area contributed by atoms with Crippen LogP contribution in [0.2, 0.25) is 0 Å². The molecule has 1 saturated heterocycles. The smallest absolute Gasteiger partial charge is 0.236 e. The van der Waals surface area contributed by atoms with E-state index in [-0.39, 0.29) is 11.4 Å². The van der Waals surface area contributed by atoms with Gasteiger partial charge in [0.2, 0.25) is 5.91 Å². The van der Waals surface area contributed by atoms with E-state index in [2.05, 4.69) is 5.32 Å². The number of amides is 1. The van der Waals surface area contributed by atoms with Gasteiger partial charge in [0.15, 0.2) is 0 Å². The largest absolute Gasteiger partial charge is 0.353 e. The van der Waals surface area contributed by atoms with Gasteiger partial charge >= 0.3 is 0 Å². The molecule has 1 rings (SSSR count). The second kappa shape index (κ2) is 3.41. The summed E-state index contributed by atoms with van der Waals surface area (Å²) in [5.41, 5.74) is -0.0933. The van der Waals surface area contributed by atoms with Crippen LogP contribution < -0.4 is 5.32 Å². The summed E-state index contributed by atoms with van der Waals surface area (Å²) in [6.07, 6.45) is 0. The molecule has 0 radical (unpaired) electrons. The molecule has 0 aliphatic carbocycles. The Hall–Kier alpha value is -0.610. The van der Waals surface area contributed by atoms with Crippen molar-refractivity contribution >= 4 is 5.91 Å². The van der Waals surface area contributed by atoms with Crippen LogP contribution in [0, 0.1) is 0 Å². The van der Waals surface area contributed by atoms with Gasteiger partial charge in [-0.1, -0.05) is 0 Å². The molecule has 0 spiro atoms. The maximum Gasteiger partial charge on any atom is 0.236 e. The van der Waals surface area contributed by atoms with Crippen molar-refractivity contribution in [2.45, 2.75) is 26.3 Å². The molecule has 0 saturated carbocycles. The molecule has 70 valence electrons. The average molecular weight is 172 g/mol. The van der Waals surface area contributed by atoms with Gasteiger partial charge in [0.1, 0.15) is 6.54 Å². The van der Waals surface area contributed by atoms with Crippen molar-refractivity contribution in [3.05, 3.63) is 0 Å². The van der Waals surface area contributed by atoms with Gasteiger partial charge < -0.3 is 5.32 Å². The molecule has 1 amide bonds.